The molecule has 0 radical (unpaired) electrons. The summed E-state index contributed by atoms with van der Waals surface area (Å²) in [6.45, 7) is 0. The number of hydrogen-bond donors (Lipinski definition) is 1. The third-order valence-corrected chi connectivity index (χ3v) is 2.59. The fourth-order valence-corrected chi connectivity index (χ4v) is 1.83. The molecule has 0 saturated carbocycles. The Morgan fingerprint density at radius 3 is 2.75 bits per heavy atom. The zero-order chi connectivity index (χ0) is 9.19. The van der Waals surface area contributed by atoms with Crippen LogP contribution in [0, 0.1) is 3.57 Å². The normalized spacial score (nSPS) is 11.2. The molecular weight excluding hydrogens is 291 g/mol. The smallest absolute Gasteiger partial charge is 0.229 e. The van der Waals surface area contributed by atoms with Gasteiger partial charge in [-0.05, 0) is 28.7 Å². The summed E-state index contributed by atoms with van der Waals surface area (Å²) in [5, 5.41) is 0. The van der Waals surface area contributed by atoms with Crippen LogP contribution in [-0.2, 0) is 10.0 Å². The van der Waals surface area contributed by atoms with Gasteiger partial charge in [0.05, 0.1) is 18.1 Å². The predicted octanol–water partition coefficient (Wildman–Crippen LogP) is 1.06. The van der Waals surface area contributed by atoms with Crippen LogP contribution in [0.5, 0.6) is 0 Å². The molecule has 1 N–H and O–H groups in total. The molecule has 12 heavy (non-hydrogen) atoms. The maximum atomic E-state index is 10.8. The first kappa shape index (κ1) is 9.72. The lowest BCUT2D eigenvalue weighted by atomic mass is 10.4. The number of halogens is 1. The first-order chi connectivity index (χ1) is 5.49. The molecule has 0 saturated heterocycles. The maximum absolute atomic E-state index is 10.8. The number of rotatable bonds is 2. The number of hydrogen-bond acceptors (Lipinski definition) is 3. The largest absolute Gasteiger partial charge is 0.281 e. The van der Waals surface area contributed by atoms with E-state index in [1.54, 1.807) is 12.3 Å². The lowest BCUT2D eigenvalue weighted by Gasteiger charge is -2.03. The van der Waals surface area contributed by atoms with Gasteiger partial charge in [-0.25, -0.2) is 8.42 Å². The van der Waals surface area contributed by atoms with Crippen molar-refractivity contribution in [3.63, 3.8) is 0 Å². The summed E-state index contributed by atoms with van der Waals surface area (Å²) in [4.78, 5) is 3.80. The third kappa shape index (κ3) is 2.94. The monoisotopic (exact) mass is 298 g/mol. The number of sulfonamides is 1. The summed E-state index contributed by atoms with van der Waals surface area (Å²) in [5.41, 5.74) is 0.514. The van der Waals surface area contributed by atoms with Crippen molar-refractivity contribution >= 4 is 38.3 Å². The Hall–Kier alpha value is -0.370. The van der Waals surface area contributed by atoms with Crippen LogP contribution in [0.2, 0.25) is 0 Å². The van der Waals surface area contributed by atoms with E-state index in [9.17, 15) is 8.42 Å². The van der Waals surface area contributed by atoms with E-state index in [0.29, 0.717) is 5.69 Å². The lowest BCUT2D eigenvalue weighted by molar-refractivity contribution is 0.607. The Morgan fingerprint density at radius 1 is 1.58 bits per heavy atom. The highest BCUT2D eigenvalue weighted by atomic mass is 127. The Morgan fingerprint density at radius 2 is 2.25 bits per heavy atom. The van der Waals surface area contributed by atoms with E-state index in [-0.39, 0.29) is 0 Å². The zero-order valence-corrected chi connectivity index (χ0v) is 9.26. The van der Waals surface area contributed by atoms with Gasteiger partial charge in [-0.1, -0.05) is 0 Å². The van der Waals surface area contributed by atoms with Crippen molar-refractivity contribution < 1.29 is 8.42 Å². The summed E-state index contributed by atoms with van der Waals surface area (Å²) in [6, 6.07) is 1.73. The molecule has 0 bridgehead atoms. The highest BCUT2D eigenvalue weighted by Crippen LogP contribution is 2.16. The SMILES string of the molecule is CS(=O)(=O)Nc1cnccc1I. The molecular formula is C6H7IN2O2S. The molecule has 0 aliphatic heterocycles. The average molecular weight is 298 g/mol. The molecule has 1 heterocycles. The topological polar surface area (TPSA) is 59.1 Å². The van der Waals surface area contributed by atoms with E-state index >= 15 is 0 Å². The predicted molar refractivity (Wildman–Crippen MR) is 55.4 cm³/mol. The summed E-state index contributed by atoms with van der Waals surface area (Å²) in [5.74, 6) is 0. The summed E-state index contributed by atoms with van der Waals surface area (Å²) in [6.07, 6.45) is 4.19. The minimum atomic E-state index is -3.19. The van der Waals surface area contributed by atoms with Crippen molar-refractivity contribution in [2.45, 2.75) is 0 Å². The molecule has 0 aliphatic rings. The van der Waals surface area contributed by atoms with E-state index in [2.05, 4.69) is 9.71 Å². The van der Waals surface area contributed by atoms with Gasteiger partial charge in [-0.15, -0.1) is 0 Å². The van der Waals surface area contributed by atoms with E-state index in [4.69, 9.17) is 0 Å². The molecule has 4 nitrogen and oxygen atoms in total. The first-order valence-electron chi connectivity index (χ1n) is 3.06. The van der Waals surface area contributed by atoms with Gasteiger partial charge >= 0.3 is 0 Å². The van der Waals surface area contributed by atoms with Gasteiger partial charge in [0.25, 0.3) is 0 Å². The number of nitrogens with one attached hydrogen (secondary N) is 1. The summed E-state index contributed by atoms with van der Waals surface area (Å²) < 4.78 is 24.8. The van der Waals surface area contributed by atoms with E-state index in [0.717, 1.165) is 9.83 Å². The summed E-state index contributed by atoms with van der Waals surface area (Å²) in [7, 11) is -3.19. The van der Waals surface area contributed by atoms with E-state index in [1.807, 2.05) is 22.6 Å². The number of anilines is 1. The van der Waals surface area contributed by atoms with Crippen LogP contribution in [0.4, 0.5) is 5.69 Å². The second-order valence-electron chi connectivity index (χ2n) is 2.23. The Kier molecular flexibility index (Phi) is 2.89. The Balaban J connectivity index is 2.98. The highest BCUT2D eigenvalue weighted by molar-refractivity contribution is 14.1. The minimum absolute atomic E-state index is 0.514. The molecule has 0 atom stereocenters. The van der Waals surface area contributed by atoms with Gasteiger partial charge in [0.1, 0.15) is 0 Å². The molecule has 0 amide bonds. The van der Waals surface area contributed by atoms with Crippen LogP contribution in [0.1, 0.15) is 0 Å². The van der Waals surface area contributed by atoms with E-state index in [1.165, 1.54) is 6.20 Å². The molecule has 0 unspecified atom stereocenters. The fraction of sp³-hybridized carbons (Fsp3) is 0.167. The van der Waals surface area contributed by atoms with Crippen molar-refractivity contribution in [2.75, 3.05) is 11.0 Å². The van der Waals surface area contributed by atoms with Gasteiger partial charge in [0, 0.05) is 9.77 Å². The number of nitrogens with zero attached hydrogens (tertiary/aromatic N) is 1. The number of pyridine rings is 1. The molecule has 6 heteroatoms. The minimum Gasteiger partial charge on any atom is -0.281 e. The van der Waals surface area contributed by atoms with Gasteiger partial charge in [0.2, 0.25) is 10.0 Å². The van der Waals surface area contributed by atoms with Gasteiger partial charge in [-0.2, -0.15) is 0 Å². The molecule has 1 aromatic heterocycles. The van der Waals surface area contributed by atoms with E-state index < -0.39 is 10.0 Å². The highest BCUT2D eigenvalue weighted by Gasteiger charge is 2.04. The zero-order valence-electron chi connectivity index (χ0n) is 6.28. The maximum Gasteiger partial charge on any atom is 0.229 e. The average Bonchev–Trinajstić information content (AvgIpc) is 1.91. The molecule has 66 valence electrons. The third-order valence-electron chi connectivity index (χ3n) is 1.06. The number of aromatic nitrogens is 1. The molecule has 0 spiro atoms. The lowest BCUT2D eigenvalue weighted by Crippen LogP contribution is -2.10. The van der Waals surface area contributed by atoms with Gasteiger partial charge in [0.15, 0.2) is 0 Å². The van der Waals surface area contributed by atoms with Crippen LogP contribution < -0.4 is 4.72 Å². The Labute approximate surface area is 84.6 Å². The molecule has 1 rings (SSSR count). The van der Waals surface area contributed by atoms with Crippen LogP contribution in [0.25, 0.3) is 0 Å². The van der Waals surface area contributed by atoms with Crippen LogP contribution in [0.15, 0.2) is 18.5 Å². The first-order valence-corrected chi connectivity index (χ1v) is 6.03. The summed E-state index contributed by atoms with van der Waals surface area (Å²) >= 11 is 2.03. The second kappa shape index (κ2) is 3.56. The van der Waals surface area contributed by atoms with Crippen LogP contribution in [0.3, 0.4) is 0 Å². The van der Waals surface area contributed by atoms with Crippen molar-refractivity contribution in [1.82, 2.24) is 4.98 Å². The molecule has 0 aliphatic carbocycles. The molecule has 1 aromatic rings. The van der Waals surface area contributed by atoms with Crippen LogP contribution in [-0.4, -0.2) is 19.7 Å². The van der Waals surface area contributed by atoms with Gasteiger partial charge in [-0.3, -0.25) is 9.71 Å². The second-order valence-corrected chi connectivity index (χ2v) is 5.14. The van der Waals surface area contributed by atoms with Crippen molar-refractivity contribution in [3.8, 4) is 0 Å². The molecule has 0 aromatic carbocycles. The molecule has 0 fully saturated rings. The van der Waals surface area contributed by atoms with Crippen molar-refractivity contribution in [3.05, 3.63) is 22.0 Å². The van der Waals surface area contributed by atoms with Crippen LogP contribution >= 0.6 is 22.6 Å². The van der Waals surface area contributed by atoms with Crippen molar-refractivity contribution in [1.29, 1.82) is 0 Å². The Bertz CT molecular complexity index is 377. The fourth-order valence-electron chi connectivity index (χ4n) is 0.652. The van der Waals surface area contributed by atoms with Crippen molar-refractivity contribution in [2.24, 2.45) is 0 Å². The van der Waals surface area contributed by atoms with Gasteiger partial charge < -0.3 is 0 Å². The standard InChI is InChI=1S/C6H7IN2O2S/c1-12(10,11)9-6-4-8-3-2-5(6)7/h2-4,9H,1H3. The quantitative estimate of drug-likeness (QED) is 0.831.